The molecule has 2 N–H and O–H groups in total. The number of rotatable bonds is 3. The fourth-order valence-corrected chi connectivity index (χ4v) is 1.64. The summed E-state index contributed by atoms with van der Waals surface area (Å²) in [5, 5.41) is 12.7. The van der Waals surface area contributed by atoms with E-state index in [0.29, 0.717) is 11.6 Å². The van der Waals surface area contributed by atoms with Crippen molar-refractivity contribution in [2.75, 3.05) is 0 Å². The standard InChI is InChI=1S/C13H11ClN2O2/c14-10-3-4-11(12(17)6-10)13(18)16-8-9-2-1-5-15-7-9/h1-7,17H,8H2,(H,16,18). The van der Waals surface area contributed by atoms with Gasteiger partial charge < -0.3 is 10.4 Å². The van der Waals surface area contributed by atoms with Crippen molar-refractivity contribution in [2.45, 2.75) is 6.54 Å². The monoisotopic (exact) mass is 262 g/mol. The van der Waals surface area contributed by atoms with Gasteiger partial charge in [0.15, 0.2) is 0 Å². The third-order valence-electron chi connectivity index (χ3n) is 2.38. The summed E-state index contributed by atoms with van der Waals surface area (Å²) < 4.78 is 0. The maximum absolute atomic E-state index is 11.8. The van der Waals surface area contributed by atoms with E-state index in [1.165, 1.54) is 12.1 Å². The number of hydrogen-bond donors (Lipinski definition) is 2. The van der Waals surface area contributed by atoms with E-state index in [9.17, 15) is 9.90 Å². The molecule has 0 bridgehead atoms. The van der Waals surface area contributed by atoms with Crippen LogP contribution in [0.15, 0.2) is 42.7 Å². The van der Waals surface area contributed by atoms with Gasteiger partial charge in [-0.2, -0.15) is 0 Å². The highest BCUT2D eigenvalue weighted by atomic mass is 35.5. The van der Waals surface area contributed by atoms with Crippen LogP contribution in [0.3, 0.4) is 0 Å². The zero-order valence-corrected chi connectivity index (χ0v) is 10.2. The van der Waals surface area contributed by atoms with E-state index in [1.807, 2.05) is 6.07 Å². The Labute approximate surface area is 109 Å². The number of phenols is 1. The van der Waals surface area contributed by atoms with Crippen LogP contribution < -0.4 is 5.32 Å². The van der Waals surface area contributed by atoms with Gasteiger partial charge in [0, 0.05) is 24.0 Å². The molecule has 0 aliphatic rings. The number of aromatic hydroxyl groups is 1. The molecule has 0 atom stereocenters. The lowest BCUT2D eigenvalue weighted by molar-refractivity contribution is 0.0948. The second-order valence-corrected chi connectivity index (χ2v) is 4.14. The van der Waals surface area contributed by atoms with Crippen LogP contribution in [0, 0.1) is 0 Å². The van der Waals surface area contributed by atoms with Gasteiger partial charge in [-0.25, -0.2) is 0 Å². The van der Waals surface area contributed by atoms with E-state index in [-0.39, 0.29) is 17.2 Å². The largest absolute Gasteiger partial charge is 0.507 e. The van der Waals surface area contributed by atoms with E-state index in [0.717, 1.165) is 5.56 Å². The van der Waals surface area contributed by atoms with E-state index in [4.69, 9.17) is 11.6 Å². The number of amides is 1. The molecule has 0 spiro atoms. The van der Waals surface area contributed by atoms with Gasteiger partial charge in [-0.05, 0) is 29.8 Å². The molecule has 0 fully saturated rings. The number of carbonyl (C=O) groups is 1. The molecule has 0 saturated carbocycles. The Morgan fingerprint density at radius 2 is 2.22 bits per heavy atom. The third-order valence-corrected chi connectivity index (χ3v) is 2.62. The summed E-state index contributed by atoms with van der Waals surface area (Å²) in [6, 6.07) is 8.02. The zero-order valence-electron chi connectivity index (χ0n) is 9.43. The first kappa shape index (κ1) is 12.4. The Balaban J connectivity index is 2.04. The van der Waals surface area contributed by atoms with Gasteiger partial charge >= 0.3 is 0 Å². The van der Waals surface area contributed by atoms with Crippen molar-refractivity contribution in [3.8, 4) is 5.75 Å². The number of phenolic OH excluding ortho intramolecular Hbond substituents is 1. The van der Waals surface area contributed by atoms with Crippen molar-refractivity contribution >= 4 is 17.5 Å². The van der Waals surface area contributed by atoms with Gasteiger partial charge in [-0.3, -0.25) is 9.78 Å². The zero-order chi connectivity index (χ0) is 13.0. The second kappa shape index (κ2) is 5.51. The topological polar surface area (TPSA) is 62.2 Å². The second-order valence-electron chi connectivity index (χ2n) is 3.71. The highest BCUT2D eigenvalue weighted by Crippen LogP contribution is 2.21. The molecule has 2 aromatic rings. The van der Waals surface area contributed by atoms with Crippen LogP contribution in [0.4, 0.5) is 0 Å². The number of nitrogens with zero attached hydrogens (tertiary/aromatic N) is 1. The van der Waals surface area contributed by atoms with Gasteiger partial charge in [-0.15, -0.1) is 0 Å². The lowest BCUT2D eigenvalue weighted by Gasteiger charge is -2.06. The maximum Gasteiger partial charge on any atom is 0.255 e. The summed E-state index contributed by atoms with van der Waals surface area (Å²) in [5.74, 6) is -0.487. The van der Waals surface area contributed by atoms with Gasteiger partial charge in [0.05, 0.1) is 5.56 Å². The summed E-state index contributed by atoms with van der Waals surface area (Å²) in [5.41, 5.74) is 1.09. The number of nitrogens with one attached hydrogen (secondary N) is 1. The number of benzene rings is 1. The smallest absolute Gasteiger partial charge is 0.255 e. The number of carbonyl (C=O) groups excluding carboxylic acids is 1. The first-order chi connectivity index (χ1) is 8.66. The molecule has 0 saturated heterocycles. The van der Waals surface area contributed by atoms with Crippen LogP contribution in [0.1, 0.15) is 15.9 Å². The molecule has 4 nitrogen and oxygen atoms in total. The van der Waals surface area contributed by atoms with E-state index in [2.05, 4.69) is 10.3 Å². The van der Waals surface area contributed by atoms with Crippen LogP contribution in [0.2, 0.25) is 5.02 Å². The molecule has 5 heteroatoms. The molecule has 1 aromatic carbocycles. The average Bonchev–Trinajstić information content (AvgIpc) is 2.37. The first-order valence-corrected chi connectivity index (χ1v) is 5.70. The lowest BCUT2D eigenvalue weighted by atomic mass is 10.2. The highest BCUT2D eigenvalue weighted by Gasteiger charge is 2.10. The number of pyridine rings is 1. The van der Waals surface area contributed by atoms with Crippen molar-refractivity contribution in [1.82, 2.24) is 10.3 Å². The Morgan fingerprint density at radius 1 is 1.39 bits per heavy atom. The van der Waals surface area contributed by atoms with Crippen molar-refractivity contribution < 1.29 is 9.90 Å². The molecule has 0 radical (unpaired) electrons. The molecule has 1 aromatic heterocycles. The van der Waals surface area contributed by atoms with E-state index >= 15 is 0 Å². The summed E-state index contributed by atoms with van der Waals surface area (Å²) in [4.78, 5) is 15.8. The van der Waals surface area contributed by atoms with Gasteiger partial charge in [0.2, 0.25) is 0 Å². The maximum atomic E-state index is 11.8. The molecular formula is C13H11ClN2O2. The SMILES string of the molecule is O=C(NCc1cccnc1)c1ccc(Cl)cc1O. The van der Waals surface area contributed by atoms with Crippen LogP contribution >= 0.6 is 11.6 Å². The highest BCUT2D eigenvalue weighted by molar-refractivity contribution is 6.30. The van der Waals surface area contributed by atoms with Crippen molar-refractivity contribution in [2.24, 2.45) is 0 Å². The van der Waals surface area contributed by atoms with Crippen LogP contribution in [-0.2, 0) is 6.54 Å². The summed E-state index contributed by atoms with van der Waals surface area (Å²) in [6.07, 6.45) is 3.33. The van der Waals surface area contributed by atoms with E-state index in [1.54, 1.807) is 24.5 Å². The Bertz CT molecular complexity index is 558. The Morgan fingerprint density at radius 3 is 2.89 bits per heavy atom. The lowest BCUT2D eigenvalue weighted by Crippen LogP contribution is -2.22. The fourth-order valence-electron chi connectivity index (χ4n) is 1.48. The predicted octanol–water partition coefficient (Wildman–Crippen LogP) is 2.37. The van der Waals surface area contributed by atoms with Crippen LogP contribution in [-0.4, -0.2) is 16.0 Å². The van der Waals surface area contributed by atoms with Crippen molar-refractivity contribution in [1.29, 1.82) is 0 Å². The molecule has 0 aliphatic heterocycles. The third kappa shape index (κ3) is 2.99. The quantitative estimate of drug-likeness (QED) is 0.893. The molecule has 0 unspecified atom stereocenters. The van der Waals surface area contributed by atoms with Crippen LogP contribution in [0.25, 0.3) is 0 Å². The average molecular weight is 263 g/mol. The first-order valence-electron chi connectivity index (χ1n) is 5.32. The molecule has 18 heavy (non-hydrogen) atoms. The normalized spacial score (nSPS) is 10.1. The Kier molecular flexibility index (Phi) is 3.79. The van der Waals surface area contributed by atoms with Crippen LogP contribution in [0.5, 0.6) is 5.75 Å². The summed E-state index contributed by atoms with van der Waals surface area (Å²) in [6.45, 7) is 0.356. The Hall–Kier alpha value is -2.07. The van der Waals surface area contributed by atoms with Crippen molar-refractivity contribution in [3.63, 3.8) is 0 Å². The van der Waals surface area contributed by atoms with Gasteiger partial charge in [0.25, 0.3) is 5.91 Å². The fraction of sp³-hybridized carbons (Fsp3) is 0.0769. The molecule has 1 heterocycles. The molecule has 2 rings (SSSR count). The van der Waals surface area contributed by atoms with Gasteiger partial charge in [0.1, 0.15) is 5.75 Å². The molecular weight excluding hydrogens is 252 g/mol. The number of hydrogen-bond acceptors (Lipinski definition) is 3. The summed E-state index contributed by atoms with van der Waals surface area (Å²) in [7, 11) is 0. The van der Waals surface area contributed by atoms with Crippen molar-refractivity contribution in [3.05, 3.63) is 58.9 Å². The van der Waals surface area contributed by atoms with Gasteiger partial charge in [-0.1, -0.05) is 17.7 Å². The molecule has 0 aliphatic carbocycles. The minimum atomic E-state index is -0.354. The minimum Gasteiger partial charge on any atom is -0.507 e. The minimum absolute atomic E-state index is 0.133. The molecule has 1 amide bonds. The number of halogens is 1. The predicted molar refractivity (Wildman–Crippen MR) is 68.5 cm³/mol. The molecule has 92 valence electrons. The number of aromatic nitrogens is 1. The van der Waals surface area contributed by atoms with E-state index < -0.39 is 0 Å². The summed E-state index contributed by atoms with van der Waals surface area (Å²) >= 11 is 5.69.